The van der Waals surface area contributed by atoms with Gasteiger partial charge < -0.3 is 5.32 Å². The van der Waals surface area contributed by atoms with Crippen LogP contribution in [0.15, 0.2) is 48.7 Å². The first kappa shape index (κ1) is 15.0. The fourth-order valence-electron chi connectivity index (χ4n) is 1.94. The van der Waals surface area contributed by atoms with Gasteiger partial charge in [-0.05, 0) is 55.7 Å². The second kappa shape index (κ2) is 6.35. The van der Waals surface area contributed by atoms with Gasteiger partial charge in [-0.15, -0.1) is 0 Å². The van der Waals surface area contributed by atoms with Gasteiger partial charge >= 0.3 is 0 Å². The first-order chi connectivity index (χ1) is 9.97. The van der Waals surface area contributed by atoms with Crippen LogP contribution in [0.4, 0.5) is 10.1 Å². The maximum absolute atomic E-state index is 13.6. The molecule has 3 heteroatoms. The number of allylic oxidation sites excluding steroid dienone is 1. The van der Waals surface area contributed by atoms with E-state index in [9.17, 15) is 9.18 Å². The third-order valence-electron chi connectivity index (χ3n) is 3.39. The lowest BCUT2D eigenvalue weighted by Crippen LogP contribution is -1.98. The van der Waals surface area contributed by atoms with Crippen molar-refractivity contribution in [2.75, 3.05) is 5.32 Å². The molecule has 0 atom stereocenters. The molecule has 0 aliphatic carbocycles. The monoisotopic (exact) mass is 283 g/mol. The third-order valence-corrected chi connectivity index (χ3v) is 3.39. The fourth-order valence-corrected chi connectivity index (χ4v) is 1.94. The van der Waals surface area contributed by atoms with Gasteiger partial charge in [-0.25, -0.2) is 4.39 Å². The lowest BCUT2D eigenvalue weighted by molar-refractivity contribution is 0.104. The van der Waals surface area contributed by atoms with Crippen molar-refractivity contribution in [1.82, 2.24) is 0 Å². The highest BCUT2D eigenvalue weighted by Crippen LogP contribution is 2.15. The molecule has 0 aliphatic heterocycles. The topological polar surface area (TPSA) is 29.1 Å². The molecule has 2 rings (SSSR count). The minimum atomic E-state index is -0.335. The summed E-state index contributed by atoms with van der Waals surface area (Å²) in [7, 11) is 0. The Kier molecular flexibility index (Phi) is 4.53. The number of benzene rings is 2. The van der Waals surface area contributed by atoms with E-state index in [1.54, 1.807) is 12.1 Å². The zero-order valence-corrected chi connectivity index (χ0v) is 12.4. The van der Waals surface area contributed by atoms with E-state index in [-0.39, 0.29) is 11.6 Å². The van der Waals surface area contributed by atoms with E-state index in [0.717, 1.165) is 16.7 Å². The molecule has 0 radical (unpaired) electrons. The fraction of sp³-hybridized carbons (Fsp3) is 0.167. The van der Waals surface area contributed by atoms with Crippen molar-refractivity contribution in [1.29, 1.82) is 0 Å². The van der Waals surface area contributed by atoms with Crippen LogP contribution in [-0.2, 0) is 0 Å². The van der Waals surface area contributed by atoms with Crippen LogP contribution in [0.5, 0.6) is 0 Å². The van der Waals surface area contributed by atoms with Crippen LogP contribution in [0.25, 0.3) is 0 Å². The second-order valence-electron chi connectivity index (χ2n) is 5.12. The van der Waals surface area contributed by atoms with Crippen molar-refractivity contribution in [3.8, 4) is 0 Å². The molecule has 0 saturated carbocycles. The van der Waals surface area contributed by atoms with E-state index in [1.165, 1.54) is 18.3 Å². The summed E-state index contributed by atoms with van der Waals surface area (Å²) in [5.74, 6) is -0.448. The number of hydrogen-bond acceptors (Lipinski definition) is 2. The summed E-state index contributed by atoms with van der Waals surface area (Å²) >= 11 is 0. The van der Waals surface area contributed by atoms with E-state index in [1.807, 2.05) is 39.0 Å². The average molecular weight is 283 g/mol. The van der Waals surface area contributed by atoms with E-state index in [0.29, 0.717) is 11.3 Å². The van der Waals surface area contributed by atoms with Gasteiger partial charge in [0, 0.05) is 17.8 Å². The Morgan fingerprint density at radius 2 is 1.81 bits per heavy atom. The largest absolute Gasteiger partial charge is 0.359 e. The average Bonchev–Trinajstić information content (AvgIpc) is 2.44. The van der Waals surface area contributed by atoms with Crippen molar-refractivity contribution in [3.05, 3.63) is 76.7 Å². The summed E-state index contributed by atoms with van der Waals surface area (Å²) in [5.41, 5.74) is 4.06. The molecule has 0 aromatic heterocycles. The number of rotatable bonds is 4. The van der Waals surface area contributed by atoms with Gasteiger partial charge in [-0.1, -0.05) is 18.2 Å². The molecule has 2 nitrogen and oxygen atoms in total. The maximum Gasteiger partial charge on any atom is 0.187 e. The molecule has 0 saturated heterocycles. The lowest BCUT2D eigenvalue weighted by atomic mass is 10.0. The van der Waals surface area contributed by atoms with E-state index < -0.39 is 0 Å². The van der Waals surface area contributed by atoms with Gasteiger partial charge in [0.2, 0.25) is 0 Å². The van der Waals surface area contributed by atoms with Crippen molar-refractivity contribution < 1.29 is 9.18 Å². The molecular weight excluding hydrogens is 265 g/mol. The molecule has 2 aromatic carbocycles. The van der Waals surface area contributed by atoms with Crippen LogP contribution in [0, 0.1) is 26.6 Å². The highest BCUT2D eigenvalue weighted by molar-refractivity contribution is 6.04. The SMILES string of the molecule is Cc1ccc(N/C=C/C(=O)c2ccc(C)c(C)c2)c(F)c1. The first-order valence-corrected chi connectivity index (χ1v) is 6.78. The van der Waals surface area contributed by atoms with Crippen LogP contribution < -0.4 is 5.32 Å². The molecule has 0 bridgehead atoms. The van der Waals surface area contributed by atoms with Crippen molar-refractivity contribution in [2.45, 2.75) is 20.8 Å². The molecule has 2 aromatic rings. The number of ketones is 1. The minimum Gasteiger partial charge on any atom is -0.359 e. The number of carbonyl (C=O) groups excluding carboxylic acids is 1. The summed E-state index contributed by atoms with van der Waals surface area (Å²) in [5, 5.41) is 2.79. The Hall–Kier alpha value is -2.42. The quantitative estimate of drug-likeness (QED) is 0.658. The van der Waals surface area contributed by atoms with Gasteiger partial charge in [0.05, 0.1) is 5.69 Å². The minimum absolute atomic E-state index is 0.113. The highest BCUT2D eigenvalue weighted by atomic mass is 19.1. The predicted molar refractivity (Wildman–Crippen MR) is 84.1 cm³/mol. The van der Waals surface area contributed by atoms with Crippen molar-refractivity contribution in [2.24, 2.45) is 0 Å². The number of hydrogen-bond donors (Lipinski definition) is 1. The number of anilines is 1. The Morgan fingerprint density at radius 3 is 2.48 bits per heavy atom. The molecule has 0 fully saturated rings. The van der Waals surface area contributed by atoms with E-state index in [4.69, 9.17) is 0 Å². The summed E-state index contributed by atoms with van der Waals surface area (Å²) in [6.07, 6.45) is 2.87. The molecule has 108 valence electrons. The van der Waals surface area contributed by atoms with Crippen molar-refractivity contribution in [3.63, 3.8) is 0 Å². The number of carbonyl (C=O) groups is 1. The number of halogens is 1. The molecule has 0 unspecified atom stereocenters. The maximum atomic E-state index is 13.6. The smallest absolute Gasteiger partial charge is 0.187 e. The highest BCUT2D eigenvalue weighted by Gasteiger charge is 2.04. The zero-order chi connectivity index (χ0) is 15.4. The standard InChI is InChI=1S/C18H18FNO/c1-12-4-7-17(16(19)10-12)20-9-8-18(21)15-6-5-13(2)14(3)11-15/h4-11,20H,1-3H3/b9-8+. The third kappa shape index (κ3) is 3.78. The van der Waals surface area contributed by atoms with Crippen LogP contribution in [0.1, 0.15) is 27.0 Å². The summed E-state index contributed by atoms with van der Waals surface area (Å²) in [6, 6.07) is 10.5. The zero-order valence-electron chi connectivity index (χ0n) is 12.4. The molecule has 0 amide bonds. The summed E-state index contributed by atoms with van der Waals surface area (Å²) in [4.78, 5) is 12.0. The van der Waals surface area contributed by atoms with Gasteiger partial charge in [0.1, 0.15) is 5.82 Å². The summed E-state index contributed by atoms with van der Waals surface area (Å²) < 4.78 is 13.6. The van der Waals surface area contributed by atoms with Crippen LogP contribution >= 0.6 is 0 Å². The Bertz CT molecular complexity index is 704. The van der Waals surface area contributed by atoms with Crippen LogP contribution in [0.3, 0.4) is 0 Å². The lowest BCUT2D eigenvalue weighted by Gasteiger charge is -2.04. The molecule has 0 aliphatic rings. The van der Waals surface area contributed by atoms with Crippen LogP contribution in [-0.4, -0.2) is 5.78 Å². The van der Waals surface area contributed by atoms with E-state index >= 15 is 0 Å². The number of aryl methyl sites for hydroxylation is 3. The second-order valence-corrected chi connectivity index (χ2v) is 5.12. The van der Waals surface area contributed by atoms with Gasteiger partial charge in [-0.3, -0.25) is 4.79 Å². The predicted octanol–water partition coefficient (Wildman–Crippen LogP) is 4.56. The Morgan fingerprint density at radius 1 is 1.05 bits per heavy atom. The molecule has 21 heavy (non-hydrogen) atoms. The van der Waals surface area contributed by atoms with Crippen molar-refractivity contribution >= 4 is 11.5 Å². The Balaban J connectivity index is 2.06. The molecule has 0 spiro atoms. The van der Waals surface area contributed by atoms with Gasteiger partial charge in [0.25, 0.3) is 0 Å². The molecular formula is C18H18FNO. The van der Waals surface area contributed by atoms with Gasteiger partial charge in [0.15, 0.2) is 5.78 Å². The van der Waals surface area contributed by atoms with Gasteiger partial charge in [-0.2, -0.15) is 0 Å². The molecule has 0 heterocycles. The van der Waals surface area contributed by atoms with E-state index in [2.05, 4.69) is 5.32 Å². The number of nitrogens with one attached hydrogen (secondary N) is 1. The van der Waals surface area contributed by atoms with Crippen LogP contribution in [0.2, 0.25) is 0 Å². The Labute approximate surface area is 124 Å². The normalized spacial score (nSPS) is 10.9. The molecule has 1 N–H and O–H groups in total. The summed E-state index contributed by atoms with van der Waals surface area (Å²) in [6.45, 7) is 5.79. The first-order valence-electron chi connectivity index (χ1n) is 6.78.